The van der Waals surface area contributed by atoms with Gasteiger partial charge < -0.3 is 11.1 Å². The van der Waals surface area contributed by atoms with Crippen LogP contribution in [0.3, 0.4) is 0 Å². The van der Waals surface area contributed by atoms with Gasteiger partial charge in [-0.15, -0.1) is 23.1 Å². The van der Waals surface area contributed by atoms with Gasteiger partial charge in [-0.2, -0.15) is 8.78 Å². The molecule has 0 unspecified atom stereocenters. The molecule has 0 spiro atoms. The Balaban J connectivity index is 2.19. The van der Waals surface area contributed by atoms with E-state index in [0.29, 0.717) is 9.77 Å². The van der Waals surface area contributed by atoms with Crippen LogP contribution in [0, 0.1) is 5.92 Å². The second-order valence-electron chi connectivity index (χ2n) is 4.76. The van der Waals surface area contributed by atoms with Crippen molar-refractivity contribution in [1.82, 2.24) is 0 Å². The van der Waals surface area contributed by atoms with E-state index in [9.17, 15) is 22.4 Å². The number of nitrogens with one attached hydrogen (secondary N) is 1. The summed E-state index contributed by atoms with van der Waals surface area (Å²) in [7, 11) is 0. The number of nitrogens with two attached hydrogens (primary N) is 1. The van der Waals surface area contributed by atoms with E-state index in [2.05, 4.69) is 5.32 Å². The summed E-state index contributed by atoms with van der Waals surface area (Å²) < 4.78 is 50.2. The minimum absolute atomic E-state index is 0.0454. The molecule has 1 fully saturated rings. The lowest BCUT2D eigenvalue weighted by molar-refractivity contribution is -0.117. The van der Waals surface area contributed by atoms with Gasteiger partial charge in [0.2, 0.25) is 0 Å². The molecule has 1 aromatic heterocycles. The van der Waals surface area contributed by atoms with Crippen LogP contribution >= 0.6 is 23.1 Å². The summed E-state index contributed by atoms with van der Waals surface area (Å²) in [5, 5.41) is 2.54. The third-order valence-electron chi connectivity index (χ3n) is 3.08. The highest BCUT2D eigenvalue weighted by molar-refractivity contribution is 7.99. The largest absolute Gasteiger partial charge is 0.396 e. The van der Waals surface area contributed by atoms with E-state index >= 15 is 0 Å². The van der Waals surface area contributed by atoms with E-state index in [0.717, 1.165) is 24.2 Å². The Kier molecular flexibility index (Phi) is 4.72. The number of nitrogen functional groups attached to an aromatic ring is 1. The van der Waals surface area contributed by atoms with Crippen molar-refractivity contribution in [2.24, 2.45) is 5.92 Å². The van der Waals surface area contributed by atoms with Gasteiger partial charge in [0.05, 0.1) is 22.0 Å². The molecule has 1 aliphatic rings. The van der Waals surface area contributed by atoms with Crippen molar-refractivity contribution in [2.75, 3.05) is 23.9 Å². The van der Waals surface area contributed by atoms with Crippen LogP contribution < -0.4 is 11.1 Å². The number of alkyl halides is 4. The van der Waals surface area contributed by atoms with Crippen LogP contribution in [0.15, 0.2) is 4.90 Å². The fourth-order valence-corrected chi connectivity index (χ4v) is 3.79. The molecule has 9 heteroatoms. The van der Waals surface area contributed by atoms with E-state index in [1.165, 1.54) is 11.8 Å². The van der Waals surface area contributed by atoms with Gasteiger partial charge in [-0.3, -0.25) is 4.79 Å². The number of halogens is 4. The molecule has 1 aromatic rings. The smallest absolute Gasteiger partial charge is 0.324 e. The molecule has 0 atom stereocenters. The van der Waals surface area contributed by atoms with Crippen LogP contribution in [-0.4, -0.2) is 30.9 Å². The third kappa shape index (κ3) is 3.45. The van der Waals surface area contributed by atoms with Crippen molar-refractivity contribution in [3.8, 4) is 0 Å². The van der Waals surface area contributed by atoms with Gasteiger partial charge in [-0.1, -0.05) is 0 Å². The molecule has 0 radical (unpaired) electrons. The second-order valence-corrected chi connectivity index (χ2v) is 6.60. The number of hydrogen-bond donors (Lipinski definition) is 2. The number of Topliss-reactive ketones (excluding diaryl/α,β-unsaturated/α-hetero) is 1. The Morgan fingerprint density at radius 3 is 2.62 bits per heavy atom. The molecule has 21 heavy (non-hydrogen) atoms. The Morgan fingerprint density at radius 2 is 2.14 bits per heavy atom. The molecular weight excluding hydrogens is 328 g/mol. The minimum atomic E-state index is -4.13. The van der Waals surface area contributed by atoms with Gasteiger partial charge in [0, 0.05) is 5.92 Å². The molecule has 0 saturated heterocycles. The molecule has 118 valence electrons. The van der Waals surface area contributed by atoms with Crippen LogP contribution in [0.2, 0.25) is 0 Å². The van der Waals surface area contributed by atoms with E-state index in [4.69, 9.17) is 5.73 Å². The maximum Gasteiger partial charge on any atom is 0.324 e. The quantitative estimate of drug-likeness (QED) is 0.447. The van der Waals surface area contributed by atoms with Gasteiger partial charge in [-0.25, -0.2) is 8.78 Å². The summed E-state index contributed by atoms with van der Waals surface area (Å²) in [5.41, 5.74) is 6.12. The van der Waals surface area contributed by atoms with Crippen molar-refractivity contribution in [3.05, 3.63) is 4.88 Å². The summed E-state index contributed by atoms with van der Waals surface area (Å²) in [4.78, 5) is 12.8. The van der Waals surface area contributed by atoms with E-state index in [1.807, 2.05) is 0 Å². The minimum Gasteiger partial charge on any atom is -0.396 e. The topological polar surface area (TPSA) is 55.1 Å². The second kappa shape index (κ2) is 6.04. The first-order valence-corrected chi connectivity index (χ1v) is 8.22. The van der Waals surface area contributed by atoms with Crippen LogP contribution in [0.5, 0.6) is 0 Å². The van der Waals surface area contributed by atoms with Crippen LogP contribution in [0.25, 0.3) is 0 Å². The number of carbonyl (C=O) groups is 1. The molecule has 1 aliphatic carbocycles. The summed E-state index contributed by atoms with van der Waals surface area (Å²) in [6.45, 7) is -1.20. The summed E-state index contributed by atoms with van der Waals surface area (Å²) in [6.07, 6.45) is -0.457. The Bertz CT molecular complexity index is 544. The van der Waals surface area contributed by atoms with Crippen molar-refractivity contribution in [3.63, 3.8) is 0 Å². The van der Waals surface area contributed by atoms with Crippen molar-refractivity contribution < 1.29 is 22.4 Å². The van der Waals surface area contributed by atoms with Gasteiger partial charge in [0.25, 0.3) is 0 Å². The third-order valence-corrected chi connectivity index (χ3v) is 5.22. The Morgan fingerprint density at radius 1 is 1.52 bits per heavy atom. The molecule has 3 N–H and O–H groups in total. The average molecular weight is 342 g/mol. The highest BCUT2D eigenvalue weighted by Crippen LogP contribution is 2.45. The molecule has 0 bridgehead atoms. The standard InChI is InChI=1S/C12H14F4N2OS2/c1-20-9-6(17)8(7(19)5-2-3-5)21-10(9)18-4-12(15,16)11(13)14/h5,11,18H,2-4,17H2,1H3. The highest BCUT2D eigenvalue weighted by Gasteiger charge is 2.41. The predicted octanol–water partition coefficient (Wildman–Crippen LogP) is 3.96. The summed E-state index contributed by atoms with van der Waals surface area (Å²) >= 11 is 2.14. The van der Waals surface area contributed by atoms with Gasteiger partial charge in [0.1, 0.15) is 5.00 Å². The van der Waals surface area contributed by atoms with Crippen molar-refractivity contribution in [2.45, 2.75) is 30.1 Å². The van der Waals surface area contributed by atoms with Crippen molar-refractivity contribution >= 4 is 39.6 Å². The summed E-state index contributed by atoms with van der Waals surface area (Å²) in [5.74, 6) is -4.27. The lowest BCUT2D eigenvalue weighted by Gasteiger charge is -2.16. The predicted molar refractivity (Wildman–Crippen MR) is 77.0 cm³/mol. The van der Waals surface area contributed by atoms with Crippen LogP contribution in [-0.2, 0) is 0 Å². The number of thiophene rings is 1. The first kappa shape index (κ1) is 16.4. The normalized spacial score (nSPS) is 15.5. The molecule has 1 heterocycles. The molecule has 0 aliphatic heterocycles. The fourth-order valence-electron chi connectivity index (χ4n) is 1.74. The number of anilines is 2. The number of ketones is 1. The molecular formula is C12H14F4N2OS2. The first-order chi connectivity index (χ1) is 9.77. The van der Waals surface area contributed by atoms with Gasteiger partial charge in [-0.05, 0) is 19.1 Å². The highest BCUT2D eigenvalue weighted by atomic mass is 32.2. The number of rotatable bonds is 7. The zero-order chi connectivity index (χ0) is 15.8. The monoisotopic (exact) mass is 342 g/mol. The number of thioether (sulfide) groups is 1. The van der Waals surface area contributed by atoms with E-state index in [-0.39, 0.29) is 22.4 Å². The molecule has 0 amide bonds. The molecule has 2 rings (SSSR count). The lowest BCUT2D eigenvalue weighted by atomic mass is 10.2. The number of carbonyl (C=O) groups excluding carboxylic acids is 1. The van der Waals surface area contributed by atoms with Crippen molar-refractivity contribution in [1.29, 1.82) is 0 Å². The average Bonchev–Trinajstić information content (AvgIpc) is 3.20. The number of hydrogen-bond acceptors (Lipinski definition) is 5. The van der Waals surface area contributed by atoms with Crippen LogP contribution in [0.4, 0.5) is 28.3 Å². The summed E-state index contributed by atoms with van der Waals surface area (Å²) in [6, 6.07) is 0. The van der Waals surface area contributed by atoms with E-state index < -0.39 is 18.9 Å². The van der Waals surface area contributed by atoms with E-state index in [1.54, 1.807) is 6.26 Å². The molecule has 3 nitrogen and oxygen atoms in total. The Hall–Kier alpha value is -0.960. The Labute approximate surface area is 127 Å². The first-order valence-electron chi connectivity index (χ1n) is 6.18. The fraction of sp³-hybridized carbons (Fsp3) is 0.583. The van der Waals surface area contributed by atoms with Gasteiger partial charge in [0.15, 0.2) is 5.78 Å². The maximum atomic E-state index is 13.0. The SMILES string of the molecule is CSc1c(NCC(F)(F)C(F)F)sc(C(=O)C2CC2)c1N. The molecule has 1 saturated carbocycles. The lowest BCUT2D eigenvalue weighted by Crippen LogP contribution is -2.34. The van der Waals surface area contributed by atoms with Gasteiger partial charge >= 0.3 is 12.3 Å². The van der Waals surface area contributed by atoms with Crippen LogP contribution in [0.1, 0.15) is 22.5 Å². The maximum absolute atomic E-state index is 13.0. The molecule has 0 aromatic carbocycles. The zero-order valence-corrected chi connectivity index (χ0v) is 12.7. The zero-order valence-electron chi connectivity index (χ0n) is 11.1.